The van der Waals surface area contributed by atoms with Crippen LogP contribution in [0.5, 0.6) is 0 Å². The molecule has 0 saturated carbocycles. The Hall–Kier alpha value is -0.390. The summed E-state index contributed by atoms with van der Waals surface area (Å²) in [4.78, 5) is 11.7. The largest absolute Gasteiger partial charge is 0.393 e. The second kappa shape index (κ2) is 6.37. The van der Waals surface area contributed by atoms with Crippen molar-refractivity contribution in [2.75, 3.05) is 6.54 Å². The molecule has 1 unspecified atom stereocenters. The van der Waals surface area contributed by atoms with E-state index in [0.29, 0.717) is 18.5 Å². The van der Waals surface area contributed by atoms with Gasteiger partial charge in [-0.15, -0.1) is 0 Å². The van der Waals surface area contributed by atoms with Crippen LogP contribution in [0.4, 0.5) is 0 Å². The molecule has 0 bridgehead atoms. The minimum Gasteiger partial charge on any atom is -0.393 e. The van der Waals surface area contributed by atoms with Crippen LogP contribution in [0.25, 0.3) is 0 Å². The van der Waals surface area contributed by atoms with E-state index in [1.54, 1.807) is 19.1 Å². The van der Waals surface area contributed by atoms with Gasteiger partial charge < -0.3 is 10.4 Å². The molecule has 0 aliphatic rings. The summed E-state index contributed by atoms with van der Waals surface area (Å²) in [5.74, 6) is -0.136. The Morgan fingerprint density at radius 3 is 2.44 bits per heavy atom. The number of carbonyl (C=O) groups excluding carboxylic acids is 1. The van der Waals surface area contributed by atoms with E-state index in [1.165, 1.54) is 0 Å². The van der Waals surface area contributed by atoms with Crippen molar-refractivity contribution in [2.45, 2.75) is 19.4 Å². The average molecular weight is 351 g/mol. The first kappa shape index (κ1) is 13.7. The first-order valence-electron chi connectivity index (χ1n) is 4.91. The SMILES string of the molecule is CC(O)CCNC(=O)c1cc(Br)cc(Br)c1. The minimum atomic E-state index is -0.394. The summed E-state index contributed by atoms with van der Waals surface area (Å²) in [5, 5.41) is 11.8. The smallest absolute Gasteiger partial charge is 0.251 e. The molecule has 0 radical (unpaired) electrons. The summed E-state index contributed by atoms with van der Waals surface area (Å²) in [5.41, 5.74) is 0.590. The van der Waals surface area contributed by atoms with Crippen LogP contribution in [0.2, 0.25) is 0 Å². The van der Waals surface area contributed by atoms with Crippen molar-refractivity contribution in [1.82, 2.24) is 5.32 Å². The lowest BCUT2D eigenvalue weighted by molar-refractivity contribution is 0.0945. The molecular formula is C11H13Br2NO2. The maximum absolute atomic E-state index is 11.7. The summed E-state index contributed by atoms with van der Waals surface area (Å²) < 4.78 is 1.70. The number of aliphatic hydroxyl groups is 1. The quantitative estimate of drug-likeness (QED) is 0.877. The zero-order valence-electron chi connectivity index (χ0n) is 8.84. The highest BCUT2D eigenvalue weighted by molar-refractivity contribution is 9.11. The molecule has 0 heterocycles. The normalized spacial score (nSPS) is 12.2. The summed E-state index contributed by atoms with van der Waals surface area (Å²) >= 11 is 6.65. The number of nitrogens with one attached hydrogen (secondary N) is 1. The number of rotatable bonds is 4. The van der Waals surface area contributed by atoms with Crippen molar-refractivity contribution in [3.63, 3.8) is 0 Å². The van der Waals surface area contributed by atoms with Gasteiger partial charge >= 0.3 is 0 Å². The molecule has 0 aliphatic heterocycles. The monoisotopic (exact) mass is 349 g/mol. The molecule has 0 spiro atoms. The number of carbonyl (C=O) groups is 1. The Balaban J connectivity index is 2.59. The van der Waals surface area contributed by atoms with Crippen molar-refractivity contribution in [2.24, 2.45) is 0 Å². The van der Waals surface area contributed by atoms with Crippen molar-refractivity contribution < 1.29 is 9.90 Å². The van der Waals surface area contributed by atoms with Crippen LogP contribution in [0.3, 0.4) is 0 Å². The molecule has 0 aliphatic carbocycles. The highest BCUT2D eigenvalue weighted by Crippen LogP contribution is 2.19. The molecule has 2 N–H and O–H groups in total. The molecule has 5 heteroatoms. The van der Waals surface area contributed by atoms with Crippen LogP contribution < -0.4 is 5.32 Å². The molecule has 1 aromatic carbocycles. The van der Waals surface area contributed by atoms with Crippen LogP contribution >= 0.6 is 31.9 Å². The zero-order valence-corrected chi connectivity index (χ0v) is 12.0. The van der Waals surface area contributed by atoms with E-state index in [1.807, 2.05) is 6.07 Å². The Labute approximate surface area is 111 Å². The Morgan fingerprint density at radius 2 is 1.94 bits per heavy atom. The average Bonchev–Trinajstić information content (AvgIpc) is 2.15. The van der Waals surface area contributed by atoms with Crippen LogP contribution in [-0.4, -0.2) is 23.7 Å². The third-order valence-corrected chi connectivity index (χ3v) is 2.89. The van der Waals surface area contributed by atoms with E-state index in [-0.39, 0.29) is 5.91 Å². The minimum absolute atomic E-state index is 0.136. The fourth-order valence-corrected chi connectivity index (χ4v) is 2.48. The van der Waals surface area contributed by atoms with Crippen molar-refractivity contribution in [3.8, 4) is 0 Å². The molecule has 0 saturated heterocycles. The number of hydrogen-bond acceptors (Lipinski definition) is 2. The maximum Gasteiger partial charge on any atom is 0.251 e. The van der Waals surface area contributed by atoms with Crippen molar-refractivity contribution >= 4 is 37.8 Å². The fourth-order valence-electron chi connectivity index (χ4n) is 1.18. The molecule has 0 fully saturated rings. The van der Waals surface area contributed by atoms with Crippen molar-refractivity contribution in [3.05, 3.63) is 32.7 Å². The second-order valence-corrected chi connectivity index (χ2v) is 5.38. The van der Waals surface area contributed by atoms with E-state index in [2.05, 4.69) is 37.2 Å². The first-order valence-corrected chi connectivity index (χ1v) is 6.50. The summed E-state index contributed by atoms with van der Waals surface area (Å²) in [6, 6.07) is 5.37. The second-order valence-electron chi connectivity index (χ2n) is 3.55. The molecule has 0 aromatic heterocycles. The number of halogens is 2. The molecule has 1 amide bonds. The lowest BCUT2D eigenvalue weighted by atomic mass is 10.2. The van der Waals surface area contributed by atoms with E-state index in [9.17, 15) is 4.79 Å². The Kier molecular flexibility index (Phi) is 5.44. The predicted octanol–water partition coefficient (Wildman–Crippen LogP) is 2.71. The maximum atomic E-state index is 11.7. The Morgan fingerprint density at radius 1 is 1.38 bits per heavy atom. The van der Waals surface area contributed by atoms with Gasteiger partial charge in [-0.3, -0.25) is 4.79 Å². The van der Waals surface area contributed by atoms with Gasteiger partial charge in [0.15, 0.2) is 0 Å². The third kappa shape index (κ3) is 4.63. The number of aliphatic hydroxyl groups excluding tert-OH is 1. The highest BCUT2D eigenvalue weighted by Gasteiger charge is 2.07. The number of amides is 1. The van der Waals surface area contributed by atoms with Crippen molar-refractivity contribution in [1.29, 1.82) is 0 Å². The lowest BCUT2D eigenvalue weighted by Crippen LogP contribution is -2.26. The van der Waals surface area contributed by atoms with Crippen LogP contribution in [0.15, 0.2) is 27.1 Å². The van der Waals surface area contributed by atoms with Gasteiger partial charge in [0, 0.05) is 21.1 Å². The van der Waals surface area contributed by atoms with E-state index in [4.69, 9.17) is 5.11 Å². The predicted molar refractivity (Wildman–Crippen MR) is 70.5 cm³/mol. The molecule has 16 heavy (non-hydrogen) atoms. The van der Waals surface area contributed by atoms with Gasteiger partial charge in [-0.1, -0.05) is 31.9 Å². The standard InChI is InChI=1S/C11H13Br2NO2/c1-7(15)2-3-14-11(16)8-4-9(12)6-10(13)5-8/h4-7,15H,2-3H2,1H3,(H,14,16). The Bertz CT molecular complexity index is 360. The molecule has 1 aromatic rings. The van der Waals surface area contributed by atoms with Gasteiger partial charge in [-0.25, -0.2) is 0 Å². The van der Waals surface area contributed by atoms with Gasteiger partial charge in [0.05, 0.1) is 6.10 Å². The summed E-state index contributed by atoms with van der Waals surface area (Å²) in [7, 11) is 0. The lowest BCUT2D eigenvalue weighted by Gasteiger charge is -2.07. The molecule has 3 nitrogen and oxygen atoms in total. The fraction of sp³-hybridized carbons (Fsp3) is 0.364. The molecule has 88 valence electrons. The van der Waals surface area contributed by atoms with Crippen LogP contribution in [-0.2, 0) is 0 Å². The number of hydrogen-bond donors (Lipinski definition) is 2. The topological polar surface area (TPSA) is 49.3 Å². The van der Waals surface area contributed by atoms with Crippen LogP contribution in [0.1, 0.15) is 23.7 Å². The van der Waals surface area contributed by atoms with Crippen LogP contribution in [0, 0.1) is 0 Å². The number of benzene rings is 1. The first-order chi connectivity index (χ1) is 7.49. The molecule has 1 atom stereocenters. The van der Waals surface area contributed by atoms with E-state index < -0.39 is 6.10 Å². The molecule has 1 rings (SSSR count). The highest BCUT2D eigenvalue weighted by atomic mass is 79.9. The van der Waals surface area contributed by atoms with Gasteiger partial charge in [0.1, 0.15) is 0 Å². The van der Waals surface area contributed by atoms with Gasteiger partial charge in [0.25, 0.3) is 5.91 Å². The van der Waals surface area contributed by atoms with Gasteiger partial charge in [-0.05, 0) is 31.5 Å². The third-order valence-electron chi connectivity index (χ3n) is 1.97. The van der Waals surface area contributed by atoms with Gasteiger partial charge in [-0.2, -0.15) is 0 Å². The van der Waals surface area contributed by atoms with E-state index >= 15 is 0 Å². The molecular weight excluding hydrogens is 338 g/mol. The van der Waals surface area contributed by atoms with E-state index in [0.717, 1.165) is 8.95 Å². The zero-order chi connectivity index (χ0) is 12.1. The van der Waals surface area contributed by atoms with Gasteiger partial charge in [0.2, 0.25) is 0 Å². The summed E-state index contributed by atoms with van der Waals surface area (Å²) in [6.45, 7) is 2.17. The summed E-state index contributed by atoms with van der Waals surface area (Å²) in [6.07, 6.45) is 0.163.